The van der Waals surface area contributed by atoms with Gasteiger partial charge in [0.1, 0.15) is 5.69 Å². The molecule has 0 aliphatic carbocycles. The van der Waals surface area contributed by atoms with Crippen molar-refractivity contribution in [3.63, 3.8) is 0 Å². The number of benzene rings is 2. The first-order chi connectivity index (χ1) is 12.1. The third-order valence-electron chi connectivity index (χ3n) is 3.52. The molecule has 1 aromatic heterocycles. The molecule has 0 bridgehead atoms. The van der Waals surface area contributed by atoms with Crippen molar-refractivity contribution >= 4 is 40.5 Å². The summed E-state index contributed by atoms with van der Waals surface area (Å²) < 4.78 is 0. The van der Waals surface area contributed by atoms with Gasteiger partial charge < -0.3 is 10.6 Å². The smallest absolute Gasteiger partial charge is 0.270 e. The van der Waals surface area contributed by atoms with Crippen LogP contribution in [-0.4, -0.2) is 10.9 Å². The molecule has 0 spiro atoms. The van der Waals surface area contributed by atoms with Gasteiger partial charge in [0.15, 0.2) is 0 Å². The van der Waals surface area contributed by atoms with E-state index in [9.17, 15) is 4.79 Å². The molecule has 0 atom stereocenters. The number of pyridine rings is 1. The molecule has 4 nitrogen and oxygen atoms in total. The number of nitrogens with one attached hydrogen (secondary N) is 2. The van der Waals surface area contributed by atoms with Gasteiger partial charge in [-0.15, -0.1) is 0 Å². The Kier molecular flexibility index (Phi) is 5.53. The lowest BCUT2D eigenvalue weighted by atomic mass is 10.2. The van der Waals surface area contributed by atoms with Gasteiger partial charge in [-0.2, -0.15) is 0 Å². The van der Waals surface area contributed by atoms with Crippen LogP contribution in [0.15, 0.2) is 66.9 Å². The summed E-state index contributed by atoms with van der Waals surface area (Å²) in [6.45, 7) is 0.444. The lowest BCUT2D eigenvalue weighted by Gasteiger charge is -2.10. The zero-order valence-electron chi connectivity index (χ0n) is 13.2. The standard InChI is InChI=1S/C19H15Cl2N3O/c20-15-7-4-8-16(18(15)21)24-14-9-10-22-17(11-14)19(25)23-12-13-5-2-1-3-6-13/h1-11H,12H2,(H,22,24)(H,23,25). The summed E-state index contributed by atoms with van der Waals surface area (Å²) in [5.74, 6) is -0.246. The average molecular weight is 372 g/mol. The number of hydrogen-bond acceptors (Lipinski definition) is 3. The first-order valence-corrected chi connectivity index (χ1v) is 8.38. The molecule has 2 aromatic carbocycles. The molecule has 25 heavy (non-hydrogen) atoms. The summed E-state index contributed by atoms with van der Waals surface area (Å²) in [5.41, 5.74) is 2.70. The molecule has 1 heterocycles. The van der Waals surface area contributed by atoms with Gasteiger partial charge in [0.05, 0.1) is 15.7 Å². The average Bonchev–Trinajstić information content (AvgIpc) is 2.64. The van der Waals surface area contributed by atoms with Crippen molar-refractivity contribution in [2.45, 2.75) is 6.54 Å². The van der Waals surface area contributed by atoms with Gasteiger partial charge in [-0.05, 0) is 29.8 Å². The Morgan fingerprint density at radius 2 is 1.80 bits per heavy atom. The second kappa shape index (κ2) is 8.01. The Morgan fingerprint density at radius 1 is 1.00 bits per heavy atom. The van der Waals surface area contributed by atoms with E-state index in [0.29, 0.717) is 33.7 Å². The molecule has 126 valence electrons. The van der Waals surface area contributed by atoms with Gasteiger partial charge in [-0.25, -0.2) is 0 Å². The van der Waals surface area contributed by atoms with Crippen LogP contribution in [0.25, 0.3) is 0 Å². The van der Waals surface area contributed by atoms with E-state index >= 15 is 0 Å². The van der Waals surface area contributed by atoms with Gasteiger partial charge in [-0.3, -0.25) is 9.78 Å². The Bertz CT molecular complexity index is 885. The molecular formula is C19H15Cl2N3O. The van der Waals surface area contributed by atoms with Crippen LogP contribution in [0.1, 0.15) is 16.1 Å². The van der Waals surface area contributed by atoms with Crippen LogP contribution in [0.2, 0.25) is 10.0 Å². The van der Waals surface area contributed by atoms with Crippen molar-refractivity contribution in [1.82, 2.24) is 10.3 Å². The molecule has 0 unspecified atom stereocenters. The third-order valence-corrected chi connectivity index (χ3v) is 4.34. The SMILES string of the molecule is O=C(NCc1ccccc1)c1cc(Nc2cccc(Cl)c2Cl)ccn1. The zero-order valence-corrected chi connectivity index (χ0v) is 14.7. The Hall–Kier alpha value is -2.56. The fourth-order valence-electron chi connectivity index (χ4n) is 2.26. The number of carbonyl (C=O) groups excluding carboxylic acids is 1. The predicted octanol–water partition coefficient (Wildman–Crippen LogP) is 5.06. The van der Waals surface area contributed by atoms with Gasteiger partial charge in [0.25, 0.3) is 5.91 Å². The van der Waals surface area contributed by atoms with Crippen molar-refractivity contribution in [3.05, 3.63) is 88.2 Å². The monoisotopic (exact) mass is 371 g/mol. The van der Waals surface area contributed by atoms with Crippen LogP contribution in [0.3, 0.4) is 0 Å². The summed E-state index contributed by atoms with van der Waals surface area (Å²) in [6, 6.07) is 18.4. The first-order valence-electron chi connectivity index (χ1n) is 7.63. The maximum atomic E-state index is 12.3. The van der Waals surface area contributed by atoms with E-state index in [1.807, 2.05) is 36.4 Å². The summed E-state index contributed by atoms with van der Waals surface area (Å²) >= 11 is 12.2. The number of aromatic nitrogens is 1. The molecule has 0 aliphatic rings. The van der Waals surface area contributed by atoms with Gasteiger partial charge in [0.2, 0.25) is 0 Å². The normalized spacial score (nSPS) is 10.3. The van der Waals surface area contributed by atoms with E-state index < -0.39 is 0 Å². The van der Waals surface area contributed by atoms with Crippen molar-refractivity contribution in [3.8, 4) is 0 Å². The highest BCUT2D eigenvalue weighted by Gasteiger charge is 2.09. The fraction of sp³-hybridized carbons (Fsp3) is 0.0526. The highest BCUT2D eigenvalue weighted by Crippen LogP contribution is 2.31. The van der Waals surface area contributed by atoms with E-state index in [1.54, 1.807) is 30.5 Å². The minimum atomic E-state index is -0.246. The molecule has 0 radical (unpaired) electrons. The van der Waals surface area contributed by atoms with E-state index in [4.69, 9.17) is 23.2 Å². The lowest BCUT2D eigenvalue weighted by Crippen LogP contribution is -2.23. The number of hydrogen-bond donors (Lipinski definition) is 2. The quantitative estimate of drug-likeness (QED) is 0.658. The predicted molar refractivity (Wildman–Crippen MR) is 102 cm³/mol. The van der Waals surface area contributed by atoms with E-state index in [0.717, 1.165) is 5.56 Å². The van der Waals surface area contributed by atoms with Crippen molar-refractivity contribution in [2.24, 2.45) is 0 Å². The molecule has 2 N–H and O–H groups in total. The Labute approximate surface area is 155 Å². The number of anilines is 2. The second-order valence-electron chi connectivity index (χ2n) is 5.32. The zero-order chi connectivity index (χ0) is 17.6. The van der Waals surface area contributed by atoms with Crippen molar-refractivity contribution in [1.29, 1.82) is 0 Å². The lowest BCUT2D eigenvalue weighted by molar-refractivity contribution is 0.0946. The van der Waals surface area contributed by atoms with E-state index in [-0.39, 0.29) is 5.91 Å². The van der Waals surface area contributed by atoms with E-state index in [1.165, 1.54) is 0 Å². The van der Waals surface area contributed by atoms with Crippen LogP contribution < -0.4 is 10.6 Å². The molecule has 1 amide bonds. The number of carbonyl (C=O) groups is 1. The van der Waals surface area contributed by atoms with Crippen LogP contribution in [0.5, 0.6) is 0 Å². The van der Waals surface area contributed by atoms with Crippen molar-refractivity contribution in [2.75, 3.05) is 5.32 Å². The molecule has 0 saturated carbocycles. The maximum Gasteiger partial charge on any atom is 0.270 e. The number of amides is 1. The molecule has 3 aromatic rings. The minimum Gasteiger partial charge on any atom is -0.354 e. The number of halogens is 2. The minimum absolute atomic E-state index is 0.246. The van der Waals surface area contributed by atoms with Crippen LogP contribution in [-0.2, 0) is 6.54 Å². The molecule has 0 saturated heterocycles. The highest BCUT2D eigenvalue weighted by molar-refractivity contribution is 6.43. The van der Waals surface area contributed by atoms with Crippen LogP contribution in [0.4, 0.5) is 11.4 Å². The summed E-state index contributed by atoms with van der Waals surface area (Å²) in [5, 5.41) is 6.88. The van der Waals surface area contributed by atoms with Crippen LogP contribution in [0, 0.1) is 0 Å². The second-order valence-corrected chi connectivity index (χ2v) is 6.11. The first kappa shape index (κ1) is 17.3. The van der Waals surface area contributed by atoms with Crippen molar-refractivity contribution < 1.29 is 4.79 Å². The van der Waals surface area contributed by atoms with Gasteiger partial charge in [0, 0.05) is 18.4 Å². The molecular weight excluding hydrogens is 357 g/mol. The third kappa shape index (κ3) is 4.50. The largest absolute Gasteiger partial charge is 0.354 e. The fourth-order valence-corrected chi connectivity index (χ4v) is 2.60. The molecule has 0 fully saturated rings. The summed E-state index contributed by atoms with van der Waals surface area (Å²) in [4.78, 5) is 16.4. The highest BCUT2D eigenvalue weighted by atomic mass is 35.5. The Morgan fingerprint density at radius 3 is 2.60 bits per heavy atom. The van der Waals surface area contributed by atoms with Gasteiger partial charge in [-0.1, -0.05) is 59.6 Å². The molecule has 6 heteroatoms. The number of nitrogens with zero attached hydrogens (tertiary/aromatic N) is 1. The van der Waals surface area contributed by atoms with Crippen LogP contribution >= 0.6 is 23.2 Å². The topological polar surface area (TPSA) is 54.0 Å². The number of rotatable bonds is 5. The summed E-state index contributed by atoms with van der Waals surface area (Å²) in [7, 11) is 0. The van der Waals surface area contributed by atoms with E-state index in [2.05, 4.69) is 15.6 Å². The maximum absolute atomic E-state index is 12.3. The molecule has 0 aliphatic heterocycles. The Balaban J connectivity index is 1.70. The summed E-state index contributed by atoms with van der Waals surface area (Å²) in [6.07, 6.45) is 1.57. The van der Waals surface area contributed by atoms with Gasteiger partial charge >= 0.3 is 0 Å². The molecule has 3 rings (SSSR count).